The van der Waals surface area contributed by atoms with Crippen LogP contribution in [0.1, 0.15) is 65.2 Å². The lowest BCUT2D eigenvalue weighted by molar-refractivity contribution is -0.146. The normalized spacial score (nSPS) is 22.2. The van der Waals surface area contributed by atoms with Gasteiger partial charge in [0.1, 0.15) is 18.0 Å². The number of hydrogen-bond donors (Lipinski definition) is 1. The van der Waals surface area contributed by atoms with Gasteiger partial charge in [-0.15, -0.1) is 0 Å². The van der Waals surface area contributed by atoms with Crippen LogP contribution < -0.4 is 10.1 Å². The van der Waals surface area contributed by atoms with Crippen molar-refractivity contribution < 1.29 is 14.3 Å². The van der Waals surface area contributed by atoms with Crippen LogP contribution in [0, 0.1) is 5.92 Å². The average molecular weight is 403 g/mol. The Morgan fingerprint density at radius 1 is 1.14 bits per heavy atom. The van der Waals surface area contributed by atoms with Crippen LogP contribution in [0.4, 0.5) is 5.69 Å². The third-order valence-electron chi connectivity index (χ3n) is 6.19. The van der Waals surface area contributed by atoms with E-state index in [1.165, 1.54) is 32.4 Å². The SMILES string of the molecule is CCCOC1(C(=O)Nc2ccc(OCCN3CCCC(C)C3)cc2)CCCCC1. The molecule has 1 aliphatic heterocycles. The summed E-state index contributed by atoms with van der Waals surface area (Å²) in [6, 6.07) is 7.73. The number of nitrogens with zero attached hydrogens (tertiary/aromatic N) is 1. The standard InChI is InChI=1S/C24H38N2O3/c1-3-17-29-24(13-5-4-6-14-24)23(27)25-21-9-11-22(12-10-21)28-18-16-26-15-7-8-20(2)19-26/h9-12,20H,3-8,13-19H2,1-2H3,(H,25,27). The van der Waals surface area contributed by atoms with E-state index in [1.807, 2.05) is 24.3 Å². The summed E-state index contributed by atoms with van der Waals surface area (Å²) < 4.78 is 12.0. The Hall–Kier alpha value is -1.59. The zero-order valence-corrected chi connectivity index (χ0v) is 18.3. The fourth-order valence-corrected chi connectivity index (χ4v) is 4.52. The molecule has 1 aromatic rings. The first kappa shape index (κ1) is 22.1. The van der Waals surface area contributed by atoms with Gasteiger partial charge in [-0.3, -0.25) is 9.69 Å². The third-order valence-corrected chi connectivity index (χ3v) is 6.19. The first-order chi connectivity index (χ1) is 14.1. The van der Waals surface area contributed by atoms with Gasteiger partial charge >= 0.3 is 0 Å². The number of carbonyl (C=O) groups excluding carboxylic acids is 1. The van der Waals surface area contributed by atoms with E-state index in [0.29, 0.717) is 13.2 Å². The maximum atomic E-state index is 13.0. The zero-order valence-electron chi connectivity index (χ0n) is 18.3. The van der Waals surface area contributed by atoms with Crippen molar-refractivity contribution in [3.05, 3.63) is 24.3 Å². The van der Waals surface area contributed by atoms with Crippen LogP contribution in [0.15, 0.2) is 24.3 Å². The first-order valence-electron chi connectivity index (χ1n) is 11.5. The molecule has 2 aliphatic rings. The lowest BCUT2D eigenvalue weighted by atomic mass is 9.83. The van der Waals surface area contributed by atoms with E-state index in [-0.39, 0.29) is 5.91 Å². The fraction of sp³-hybridized carbons (Fsp3) is 0.708. The van der Waals surface area contributed by atoms with Crippen LogP contribution in [0.2, 0.25) is 0 Å². The van der Waals surface area contributed by atoms with Crippen molar-refractivity contribution >= 4 is 11.6 Å². The minimum Gasteiger partial charge on any atom is -0.492 e. The van der Waals surface area contributed by atoms with E-state index in [9.17, 15) is 4.79 Å². The molecule has 162 valence electrons. The molecule has 0 radical (unpaired) electrons. The second kappa shape index (κ2) is 11.0. The number of rotatable bonds is 9. The van der Waals surface area contributed by atoms with Crippen LogP contribution in [0.5, 0.6) is 5.75 Å². The Kier molecular flexibility index (Phi) is 8.37. The molecule has 1 aromatic carbocycles. The molecule has 1 amide bonds. The monoisotopic (exact) mass is 402 g/mol. The molecule has 5 heteroatoms. The number of amides is 1. The number of benzene rings is 1. The Morgan fingerprint density at radius 2 is 1.90 bits per heavy atom. The van der Waals surface area contributed by atoms with E-state index >= 15 is 0 Å². The largest absolute Gasteiger partial charge is 0.492 e. The summed E-state index contributed by atoms with van der Waals surface area (Å²) in [6.07, 6.45) is 8.49. The summed E-state index contributed by atoms with van der Waals surface area (Å²) in [7, 11) is 0. The van der Waals surface area contributed by atoms with Crippen molar-refractivity contribution in [3.8, 4) is 5.75 Å². The Labute approximate surface area is 176 Å². The van der Waals surface area contributed by atoms with E-state index < -0.39 is 5.60 Å². The van der Waals surface area contributed by atoms with E-state index in [0.717, 1.165) is 56.0 Å². The molecule has 5 nitrogen and oxygen atoms in total. The highest BCUT2D eigenvalue weighted by Gasteiger charge is 2.40. The number of carbonyl (C=O) groups is 1. The predicted octanol–water partition coefficient (Wildman–Crippen LogP) is 4.87. The highest BCUT2D eigenvalue weighted by molar-refractivity contribution is 5.97. The van der Waals surface area contributed by atoms with Crippen LogP contribution >= 0.6 is 0 Å². The maximum Gasteiger partial charge on any atom is 0.256 e. The second-order valence-electron chi connectivity index (χ2n) is 8.78. The summed E-state index contributed by atoms with van der Waals surface area (Å²) in [6.45, 7) is 9.07. The fourth-order valence-electron chi connectivity index (χ4n) is 4.52. The van der Waals surface area contributed by atoms with Crippen molar-refractivity contribution in [3.63, 3.8) is 0 Å². The molecule has 1 atom stereocenters. The Morgan fingerprint density at radius 3 is 2.59 bits per heavy atom. The summed E-state index contributed by atoms with van der Waals surface area (Å²) in [5.74, 6) is 1.64. The van der Waals surface area contributed by atoms with Gasteiger partial charge in [-0.2, -0.15) is 0 Å². The molecular weight excluding hydrogens is 364 g/mol. The van der Waals surface area contributed by atoms with Gasteiger partial charge in [-0.05, 0) is 68.8 Å². The minimum atomic E-state index is -0.658. The lowest BCUT2D eigenvalue weighted by Crippen LogP contribution is -2.47. The molecule has 2 fully saturated rings. The van der Waals surface area contributed by atoms with Gasteiger partial charge < -0.3 is 14.8 Å². The maximum absolute atomic E-state index is 13.0. The molecule has 1 aliphatic carbocycles. The zero-order chi connectivity index (χ0) is 20.5. The minimum absolute atomic E-state index is 0.00135. The highest BCUT2D eigenvalue weighted by atomic mass is 16.5. The topological polar surface area (TPSA) is 50.8 Å². The number of ether oxygens (including phenoxy) is 2. The summed E-state index contributed by atoms with van der Waals surface area (Å²) in [5, 5.41) is 3.07. The smallest absolute Gasteiger partial charge is 0.256 e. The second-order valence-corrected chi connectivity index (χ2v) is 8.78. The van der Waals surface area contributed by atoms with Gasteiger partial charge in [0.15, 0.2) is 0 Å². The summed E-state index contributed by atoms with van der Waals surface area (Å²) >= 11 is 0. The first-order valence-corrected chi connectivity index (χ1v) is 11.5. The van der Waals surface area contributed by atoms with Gasteiger partial charge in [0.25, 0.3) is 5.91 Å². The Bertz CT molecular complexity index is 626. The van der Waals surface area contributed by atoms with Crippen LogP contribution in [0.25, 0.3) is 0 Å². The van der Waals surface area contributed by atoms with Gasteiger partial charge in [0.2, 0.25) is 0 Å². The molecule has 1 heterocycles. The predicted molar refractivity (Wildman–Crippen MR) is 117 cm³/mol. The molecule has 1 saturated carbocycles. The van der Waals surface area contributed by atoms with Crippen LogP contribution in [0.3, 0.4) is 0 Å². The van der Waals surface area contributed by atoms with E-state index in [4.69, 9.17) is 9.47 Å². The molecule has 0 bridgehead atoms. The average Bonchev–Trinajstić information content (AvgIpc) is 2.74. The van der Waals surface area contributed by atoms with Gasteiger partial charge in [-0.25, -0.2) is 0 Å². The Balaban J connectivity index is 1.48. The van der Waals surface area contributed by atoms with Crippen molar-refractivity contribution in [1.82, 2.24) is 4.90 Å². The highest BCUT2D eigenvalue weighted by Crippen LogP contribution is 2.33. The number of hydrogen-bond acceptors (Lipinski definition) is 4. The van der Waals surface area contributed by atoms with Crippen molar-refractivity contribution in [2.75, 3.05) is 38.2 Å². The third kappa shape index (κ3) is 6.45. The van der Waals surface area contributed by atoms with Crippen molar-refractivity contribution in [2.24, 2.45) is 5.92 Å². The van der Waals surface area contributed by atoms with Gasteiger partial charge in [0, 0.05) is 25.4 Å². The molecule has 3 rings (SSSR count). The number of piperidine rings is 1. The van der Waals surface area contributed by atoms with Gasteiger partial charge in [-0.1, -0.05) is 33.1 Å². The van der Waals surface area contributed by atoms with Crippen LogP contribution in [-0.2, 0) is 9.53 Å². The lowest BCUT2D eigenvalue weighted by Gasteiger charge is -2.35. The van der Waals surface area contributed by atoms with Crippen LogP contribution in [-0.4, -0.2) is 49.3 Å². The number of likely N-dealkylation sites (tertiary alicyclic amines) is 1. The van der Waals surface area contributed by atoms with Crippen molar-refractivity contribution in [1.29, 1.82) is 0 Å². The summed E-state index contributed by atoms with van der Waals surface area (Å²) in [4.78, 5) is 15.5. The van der Waals surface area contributed by atoms with E-state index in [1.54, 1.807) is 0 Å². The molecule has 1 N–H and O–H groups in total. The molecular formula is C24H38N2O3. The molecule has 1 saturated heterocycles. The molecule has 0 aromatic heterocycles. The number of nitrogens with one attached hydrogen (secondary N) is 1. The quantitative estimate of drug-likeness (QED) is 0.640. The number of anilines is 1. The van der Waals surface area contributed by atoms with E-state index in [2.05, 4.69) is 24.1 Å². The summed E-state index contributed by atoms with van der Waals surface area (Å²) in [5.41, 5.74) is 0.145. The van der Waals surface area contributed by atoms with Gasteiger partial charge in [0.05, 0.1) is 0 Å². The molecule has 0 spiro atoms. The molecule has 1 unspecified atom stereocenters. The van der Waals surface area contributed by atoms with Crippen molar-refractivity contribution in [2.45, 2.75) is 70.8 Å². The molecule has 29 heavy (non-hydrogen) atoms.